The molecule has 0 radical (unpaired) electrons. The van der Waals surface area contributed by atoms with E-state index in [0.717, 1.165) is 0 Å². The van der Waals surface area contributed by atoms with Gasteiger partial charge in [0.05, 0.1) is 12.4 Å². The highest BCUT2D eigenvalue weighted by atomic mass is 16.4. The molecule has 0 spiro atoms. The molecule has 1 rings (SSSR count). The van der Waals surface area contributed by atoms with Crippen molar-refractivity contribution in [1.29, 1.82) is 0 Å². The number of carbonyl (C=O) groups is 6. The molecule has 0 fully saturated rings. The van der Waals surface area contributed by atoms with Crippen molar-refractivity contribution in [2.45, 2.75) is 83.6 Å². The second-order valence-electron chi connectivity index (χ2n) is 9.05. The third kappa shape index (κ3) is 10.5. The first-order chi connectivity index (χ1) is 17.8. The van der Waals surface area contributed by atoms with Crippen molar-refractivity contribution < 1.29 is 39.0 Å². The van der Waals surface area contributed by atoms with Gasteiger partial charge in [0.2, 0.25) is 23.6 Å². The smallest absolute Gasteiger partial charge is 0.325 e. The summed E-state index contributed by atoms with van der Waals surface area (Å²) in [7, 11) is 0. The fraction of sp³-hybridized carbons (Fsp3) is 0.609. The minimum Gasteiger partial charge on any atom is -0.481 e. The van der Waals surface area contributed by atoms with Gasteiger partial charge in [-0.25, -0.2) is 4.98 Å². The van der Waals surface area contributed by atoms with E-state index in [0.29, 0.717) is 12.1 Å². The van der Waals surface area contributed by atoms with Crippen molar-refractivity contribution in [3.8, 4) is 0 Å². The number of hydrogen-bond donors (Lipinski definition) is 8. The lowest BCUT2D eigenvalue weighted by atomic mass is 9.97. The molecule has 0 aliphatic heterocycles. The molecule has 15 nitrogen and oxygen atoms in total. The van der Waals surface area contributed by atoms with Gasteiger partial charge >= 0.3 is 11.9 Å². The van der Waals surface area contributed by atoms with Crippen molar-refractivity contribution in [1.82, 2.24) is 31.2 Å². The summed E-state index contributed by atoms with van der Waals surface area (Å²) in [5.41, 5.74) is 6.25. The molecule has 38 heavy (non-hydrogen) atoms. The number of aromatic amines is 1. The van der Waals surface area contributed by atoms with E-state index in [2.05, 4.69) is 31.2 Å². The van der Waals surface area contributed by atoms with Crippen LogP contribution in [0.5, 0.6) is 0 Å². The van der Waals surface area contributed by atoms with Crippen molar-refractivity contribution in [2.75, 3.05) is 0 Å². The van der Waals surface area contributed by atoms with Crippen LogP contribution < -0.4 is 27.0 Å². The van der Waals surface area contributed by atoms with Crippen molar-refractivity contribution in [2.24, 2.45) is 11.7 Å². The maximum Gasteiger partial charge on any atom is 0.325 e. The number of H-pyrrole nitrogens is 1. The molecule has 1 heterocycles. The monoisotopic (exact) mass is 539 g/mol. The van der Waals surface area contributed by atoms with E-state index in [9.17, 15) is 28.8 Å². The van der Waals surface area contributed by atoms with E-state index in [1.54, 1.807) is 13.8 Å². The van der Waals surface area contributed by atoms with Crippen LogP contribution in [0.25, 0.3) is 0 Å². The lowest BCUT2D eigenvalue weighted by molar-refractivity contribution is -0.141. The molecule has 0 saturated heterocycles. The SMILES string of the molecule is CC[C@H](C)[C@H](NC(=O)[C@@H](N)CCC(=O)O)C(=O)N[C@@H](C)C(=O)N[C@@H](Cc1cnc[nH]1)C(=O)N[C@@H](C)C(=O)O. The number of aromatic nitrogens is 2. The molecule has 4 amide bonds. The second-order valence-corrected chi connectivity index (χ2v) is 9.05. The lowest BCUT2D eigenvalue weighted by Crippen LogP contribution is -2.59. The highest BCUT2D eigenvalue weighted by molar-refractivity contribution is 5.95. The van der Waals surface area contributed by atoms with Crippen LogP contribution in [0, 0.1) is 5.92 Å². The molecule has 0 aliphatic rings. The molecular formula is C23H37N7O8. The number of nitrogens with one attached hydrogen (secondary N) is 5. The number of nitrogens with zero attached hydrogens (tertiary/aromatic N) is 1. The minimum atomic E-state index is -1.26. The van der Waals surface area contributed by atoms with Crippen LogP contribution in [0.4, 0.5) is 0 Å². The summed E-state index contributed by atoms with van der Waals surface area (Å²) in [6.07, 6.45) is 2.87. The summed E-state index contributed by atoms with van der Waals surface area (Å²) in [5.74, 6) is -5.57. The number of aliphatic carboxylic acids is 2. The molecule has 6 atom stereocenters. The Morgan fingerprint density at radius 3 is 2.08 bits per heavy atom. The van der Waals surface area contributed by atoms with E-state index < -0.39 is 65.8 Å². The summed E-state index contributed by atoms with van der Waals surface area (Å²) < 4.78 is 0. The minimum absolute atomic E-state index is 0.0235. The predicted octanol–water partition coefficient (Wildman–Crippen LogP) is -1.75. The zero-order valence-corrected chi connectivity index (χ0v) is 21.8. The molecular weight excluding hydrogens is 502 g/mol. The molecule has 0 saturated carbocycles. The number of hydrogen-bond acceptors (Lipinski definition) is 8. The molecule has 212 valence electrons. The van der Waals surface area contributed by atoms with Gasteiger partial charge in [-0.05, 0) is 26.2 Å². The summed E-state index contributed by atoms with van der Waals surface area (Å²) in [6, 6.07) is -5.72. The number of imidazole rings is 1. The van der Waals surface area contributed by atoms with Gasteiger partial charge in [-0.2, -0.15) is 0 Å². The van der Waals surface area contributed by atoms with E-state index in [1.807, 2.05) is 0 Å². The largest absolute Gasteiger partial charge is 0.481 e. The van der Waals surface area contributed by atoms with E-state index >= 15 is 0 Å². The summed E-state index contributed by atoms with van der Waals surface area (Å²) in [4.78, 5) is 79.5. The first-order valence-corrected chi connectivity index (χ1v) is 12.2. The molecule has 1 aromatic rings. The Balaban J connectivity index is 2.90. The van der Waals surface area contributed by atoms with Crippen LogP contribution in [-0.2, 0) is 35.2 Å². The fourth-order valence-corrected chi connectivity index (χ4v) is 3.24. The number of carbonyl (C=O) groups excluding carboxylic acids is 4. The van der Waals surface area contributed by atoms with Gasteiger partial charge < -0.3 is 42.2 Å². The molecule has 0 bridgehead atoms. The molecule has 1 aromatic heterocycles. The van der Waals surface area contributed by atoms with Crippen molar-refractivity contribution in [3.63, 3.8) is 0 Å². The quantitative estimate of drug-likeness (QED) is 0.118. The average molecular weight is 540 g/mol. The van der Waals surface area contributed by atoms with Crippen LogP contribution in [0.1, 0.15) is 52.7 Å². The maximum absolute atomic E-state index is 13.0. The summed E-state index contributed by atoms with van der Waals surface area (Å²) in [5, 5.41) is 27.7. The van der Waals surface area contributed by atoms with E-state index in [-0.39, 0.29) is 25.2 Å². The standard InChI is InChI=1S/C23H37N7O8/c1-5-11(2)18(30-20(34)15(24)6-7-17(31)32)22(36)27-12(3)19(33)29-16(8-14-9-25-10-26-14)21(35)28-13(4)23(37)38/h9-13,15-16,18H,5-8,24H2,1-4H3,(H,25,26)(H,27,36)(H,28,35)(H,29,33)(H,30,34)(H,31,32)(H,37,38)/t11-,12-,13-,15-,16-,18-/m0/s1. The Hall–Kier alpha value is -4.01. The van der Waals surface area contributed by atoms with Gasteiger partial charge in [0.15, 0.2) is 0 Å². The van der Waals surface area contributed by atoms with Crippen LogP contribution in [0.3, 0.4) is 0 Å². The van der Waals surface area contributed by atoms with Crippen molar-refractivity contribution in [3.05, 3.63) is 18.2 Å². The Bertz CT molecular complexity index is 984. The van der Waals surface area contributed by atoms with Gasteiger partial charge in [0.25, 0.3) is 0 Å². The van der Waals surface area contributed by atoms with Crippen LogP contribution in [0.15, 0.2) is 12.5 Å². The average Bonchev–Trinajstić information content (AvgIpc) is 3.37. The van der Waals surface area contributed by atoms with Crippen LogP contribution in [0.2, 0.25) is 0 Å². The zero-order chi connectivity index (χ0) is 29.0. The number of rotatable bonds is 16. The summed E-state index contributed by atoms with van der Waals surface area (Å²) >= 11 is 0. The Kier molecular flexibility index (Phi) is 12.9. The van der Waals surface area contributed by atoms with E-state index in [4.69, 9.17) is 15.9 Å². The first-order valence-electron chi connectivity index (χ1n) is 12.2. The second kappa shape index (κ2) is 15.3. The fourth-order valence-electron chi connectivity index (χ4n) is 3.24. The van der Waals surface area contributed by atoms with Crippen LogP contribution >= 0.6 is 0 Å². The lowest BCUT2D eigenvalue weighted by Gasteiger charge is -2.27. The normalized spacial score (nSPS) is 15.6. The number of carboxylic acids is 2. The van der Waals surface area contributed by atoms with Crippen LogP contribution in [-0.4, -0.2) is 86.0 Å². The van der Waals surface area contributed by atoms with Gasteiger partial charge in [-0.15, -0.1) is 0 Å². The molecule has 0 aromatic carbocycles. The topological polar surface area (TPSA) is 246 Å². The summed E-state index contributed by atoms with van der Waals surface area (Å²) in [6.45, 7) is 6.17. The predicted molar refractivity (Wildman–Crippen MR) is 133 cm³/mol. The van der Waals surface area contributed by atoms with Gasteiger partial charge in [-0.3, -0.25) is 28.8 Å². The number of nitrogens with two attached hydrogens (primary N) is 1. The maximum atomic E-state index is 13.0. The molecule has 0 unspecified atom stereocenters. The number of carboxylic acid groups (broad SMARTS) is 2. The Morgan fingerprint density at radius 2 is 1.55 bits per heavy atom. The Labute approximate surface area is 219 Å². The first kappa shape index (κ1) is 32.0. The van der Waals surface area contributed by atoms with Gasteiger partial charge in [0, 0.05) is 24.7 Å². The number of amides is 4. The van der Waals surface area contributed by atoms with Crippen molar-refractivity contribution >= 4 is 35.6 Å². The third-order valence-electron chi connectivity index (χ3n) is 5.89. The van der Waals surface area contributed by atoms with Gasteiger partial charge in [0.1, 0.15) is 24.2 Å². The molecule has 0 aliphatic carbocycles. The molecule has 15 heteroatoms. The van der Waals surface area contributed by atoms with Gasteiger partial charge in [-0.1, -0.05) is 20.3 Å². The molecule has 9 N–H and O–H groups in total. The highest BCUT2D eigenvalue weighted by Gasteiger charge is 2.31. The van der Waals surface area contributed by atoms with E-state index in [1.165, 1.54) is 26.4 Å². The zero-order valence-electron chi connectivity index (χ0n) is 21.8. The third-order valence-corrected chi connectivity index (χ3v) is 5.89. The highest BCUT2D eigenvalue weighted by Crippen LogP contribution is 2.10. The Morgan fingerprint density at radius 1 is 0.921 bits per heavy atom.